The van der Waals surface area contributed by atoms with Crippen LogP contribution in [0.25, 0.3) is 17.2 Å². The van der Waals surface area contributed by atoms with Crippen molar-refractivity contribution in [2.75, 3.05) is 154 Å². The van der Waals surface area contributed by atoms with Crippen LogP contribution in [0.4, 0.5) is 69.6 Å². The number of hydrogen-bond donors (Lipinski definition) is 2. The van der Waals surface area contributed by atoms with Gasteiger partial charge < -0.3 is 54.7 Å². The van der Waals surface area contributed by atoms with E-state index >= 15 is 0 Å². The second kappa shape index (κ2) is 28.7. The maximum Gasteiger partial charge on any atom is 0.242 e. The van der Waals surface area contributed by atoms with E-state index in [2.05, 4.69) is 20.4 Å². The van der Waals surface area contributed by atoms with E-state index in [1.807, 2.05) is 16.7 Å². The summed E-state index contributed by atoms with van der Waals surface area (Å²) in [5.74, 6) is -3.16. The summed E-state index contributed by atoms with van der Waals surface area (Å²) in [7, 11) is 1.74. The molecule has 7 aromatic rings. The Hall–Kier alpha value is -8.39. The molecular weight excluding hydrogens is 1130 g/mol. The molecule has 3 amide bonds. The van der Waals surface area contributed by atoms with Crippen LogP contribution < -0.4 is 35.6 Å². The fourth-order valence-electron chi connectivity index (χ4n) is 9.74. The monoisotopic (exact) mass is 1190 g/mol. The summed E-state index contributed by atoms with van der Waals surface area (Å²) in [4.78, 5) is 58.7. The first-order valence-corrected chi connectivity index (χ1v) is 27.6. The van der Waals surface area contributed by atoms with Crippen LogP contribution in [-0.2, 0) is 14.4 Å². The Kier molecular flexibility index (Phi) is 21.1. The number of rotatable bonds is 10. The highest BCUT2D eigenvalue weighted by Crippen LogP contribution is 2.26. The van der Waals surface area contributed by atoms with Gasteiger partial charge >= 0.3 is 0 Å². The number of alkyl halides is 1. The summed E-state index contributed by atoms with van der Waals surface area (Å²) in [5, 5.41) is 7.49. The van der Waals surface area contributed by atoms with Crippen LogP contribution in [-0.4, -0.2) is 176 Å². The highest BCUT2D eigenvalue weighted by Gasteiger charge is 2.27. The van der Waals surface area contributed by atoms with Crippen LogP contribution in [0.5, 0.6) is 0 Å². The molecule has 0 unspecified atom stereocenters. The summed E-state index contributed by atoms with van der Waals surface area (Å²) in [6.07, 6.45) is 2.02. The fraction of sp³-hybridized carbons (Fsp3) is 0.368. The molecule has 0 radical (unpaired) electrons. The van der Waals surface area contributed by atoms with E-state index in [0.717, 1.165) is 50.4 Å². The van der Waals surface area contributed by atoms with Gasteiger partial charge in [-0.1, -0.05) is 6.92 Å². The molecule has 18 nitrogen and oxygen atoms in total. The number of fused-ring (bicyclic) bond motifs is 1. The van der Waals surface area contributed by atoms with Crippen molar-refractivity contribution in [1.82, 2.24) is 39.6 Å². The molecule has 7 heterocycles. The van der Waals surface area contributed by atoms with Gasteiger partial charge in [-0.25, -0.2) is 40.1 Å². The van der Waals surface area contributed by atoms with E-state index in [9.17, 15) is 49.5 Å². The van der Waals surface area contributed by atoms with Crippen LogP contribution in [0.2, 0.25) is 0 Å². The summed E-state index contributed by atoms with van der Waals surface area (Å²) < 4.78 is 113. The number of halogens is 9. The van der Waals surface area contributed by atoms with E-state index < -0.39 is 46.5 Å². The number of furan rings is 1. The van der Waals surface area contributed by atoms with Crippen LogP contribution in [0, 0.1) is 46.5 Å². The van der Waals surface area contributed by atoms with Gasteiger partial charge in [0.25, 0.3) is 0 Å². The molecule has 3 N–H and O–H groups in total. The van der Waals surface area contributed by atoms with Crippen LogP contribution in [0.3, 0.4) is 0 Å². The van der Waals surface area contributed by atoms with Crippen LogP contribution in [0.1, 0.15) is 13.3 Å². The van der Waals surface area contributed by atoms with E-state index in [0.29, 0.717) is 131 Å². The number of carbonyl (C=O) groups is 3. The molecule has 3 aromatic heterocycles. The van der Waals surface area contributed by atoms with Crippen molar-refractivity contribution in [3.05, 3.63) is 144 Å². The van der Waals surface area contributed by atoms with Gasteiger partial charge in [-0.15, -0.1) is 16.7 Å². The fourth-order valence-corrected chi connectivity index (χ4v) is 9.91. The molecule has 4 aromatic carbocycles. The van der Waals surface area contributed by atoms with Gasteiger partial charge in [0.05, 0.1) is 35.6 Å². The number of anilines is 6. The Morgan fingerprint density at radius 2 is 0.964 bits per heavy atom. The average molecular weight is 1200 g/mol. The molecule has 448 valence electrons. The van der Waals surface area contributed by atoms with Crippen LogP contribution in [0.15, 0.2) is 102 Å². The first kappa shape index (κ1) is 61.7. The van der Waals surface area contributed by atoms with E-state index in [-0.39, 0.29) is 36.1 Å². The molecule has 11 rings (SSSR count). The Morgan fingerprint density at radius 3 is 1.35 bits per heavy atom. The van der Waals surface area contributed by atoms with E-state index in [1.54, 1.807) is 54.6 Å². The number of amides is 3. The number of nitrogen functional groups attached to an aromatic ring is 1. The molecule has 0 aliphatic carbocycles. The number of nitrogens with zero attached hydrogens (tertiary/aromatic N) is 12. The van der Waals surface area contributed by atoms with E-state index in [1.165, 1.54) is 59.3 Å². The Balaban J connectivity index is 0.000000157. The lowest BCUT2D eigenvalue weighted by atomic mass is 10.2. The van der Waals surface area contributed by atoms with Crippen molar-refractivity contribution in [1.29, 1.82) is 0 Å². The number of hydrogen-bond acceptors (Lipinski definition) is 14. The second-order valence-corrected chi connectivity index (χ2v) is 20.0. The molecule has 27 heteroatoms. The lowest BCUT2D eigenvalue weighted by Crippen LogP contribution is -2.51. The van der Waals surface area contributed by atoms with Crippen molar-refractivity contribution in [2.24, 2.45) is 0 Å². The quantitative estimate of drug-likeness (QED) is 0.103. The Bertz CT molecular complexity index is 3270. The van der Waals surface area contributed by atoms with Crippen molar-refractivity contribution in [3.63, 3.8) is 0 Å². The number of aromatic nitrogens is 4. The van der Waals surface area contributed by atoms with E-state index in [4.69, 9.17) is 21.8 Å². The lowest BCUT2D eigenvalue weighted by Gasteiger charge is -2.37. The predicted molar refractivity (Wildman–Crippen MR) is 304 cm³/mol. The van der Waals surface area contributed by atoms with Crippen molar-refractivity contribution in [3.8, 4) is 11.6 Å². The molecule has 0 spiro atoms. The summed E-state index contributed by atoms with van der Waals surface area (Å²) in [5.41, 5.74) is 8.14. The minimum atomic E-state index is -0.617. The molecule has 4 fully saturated rings. The van der Waals surface area contributed by atoms with Crippen LogP contribution >= 0.6 is 11.6 Å². The molecule has 0 atom stereocenters. The Labute approximate surface area is 484 Å². The SMILES string of the molecule is CCC(=O)N1CCN(c2ccc(F)cc2F)CC1.CN(CC(=O)N1CCN(c2ccc(F)cc2F)CC1)c1cc2nc(-c3ccco3)nn2c(N)n1.Fc1ccc(N2CCNCC2)c(F)c1.O=C(CCl)N1CCN(c2ccc(F)cc2F)CC1. The van der Waals surface area contributed by atoms with Gasteiger partial charge in [0.15, 0.2) is 11.4 Å². The third kappa shape index (κ3) is 15.8. The zero-order valence-corrected chi connectivity index (χ0v) is 46.9. The number of carbonyl (C=O) groups excluding carboxylic acids is 3. The minimum absolute atomic E-state index is 0.0368. The zero-order valence-electron chi connectivity index (χ0n) is 46.2. The van der Waals surface area contributed by atoms with Gasteiger partial charge in [0, 0.05) is 149 Å². The summed E-state index contributed by atoms with van der Waals surface area (Å²) >= 11 is 5.47. The number of benzene rings is 4. The first-order chi connectivity index (χ1) is 40.4. The van der Waals surface area contributed by atoms with Gasteiger partial charge in [0.1, 0.15) is 58.2 Å². The second-order valence-electron chi connectivity index (χ2n) is 19.7. The van der Waals surface area contributed by atoms with Gasteiger partial charge in [-0.2, -0.15) is 9.50 Å². The number of piperazine rings is 4. The van der Waals surface area contributed by atoms with Crippen molar-refractivity contribution < 1.29 is 53.9 Å². The largest absolute Gasteiger partial charge is 0.461 e. The summed E-state index contributed by atoms with van der Waals surface area (Å²) in [6.45, 7) is 11.2. The smallest absolute Gasteiger partial charge is 0.242 e. The number of nitrogens with one attached hydrogen (secondary N) is 1. The third-order valence-electron chi connectivity index (χ3n) is 14.3. The average Bonchev–Trinajstić information content (AvgIpc) is 4.42. The van der Waals surface area contributed by atoms with Crippen molar-refractivity contribution in [2.45, 2.75) is 13.3 Å². The number of likely N-dealkylation sites (N-methyl/N-ethyl adjacent to an activating group) is 1. The molecule has 4 saturated heterocycles. The molecule has 4 aliphatic heterocycles. The third-order valence-corrected chi connectivity index (χ3v) is 14.5. The molecule has 0 saturated carbocycles. The normalized spacial score (nSPS) is 15.4. The highest BCUT2D eigenvalue weighted by atomic mass is 35.5. The molecule has 84 heavy (non-hydrogen) atoms. The Morgan fingerprint density at radius 1 is 0.560 bits per heavy atom. The predicted octanol–water partition coefficient (Wildman–Crippen LogP) is 7.28. The standard InChI is InChI=1S/C22H22F2N8O2.C13H16F2N2O.C12H13ClF2N2O.C10H12F2N2/c1-29(18-12-19-26-21(17-3-2-10-34-17)28-32(19)22(25)27-18)13-20(33)31-8-6-30(7-9-31)16-5-4-14(23)11-15(16)24;1-2-13(18)17-7-5-16(6-8-17)12-4-3-10(14)9-11(12)15;13-8-12(18)17-5-3-16(4-6-17)11-2-1-9(14)7-10(11)15;11-8-1-2-10(9(12)7-8)14-5-3-13-4-6-14/h2-5,10-12H,6-9,13H2,1H3,(H2,25,27);3-4,9H,2,5-8H2,1H3;1-2,7H,3-6,8H2;1-2,7,13H,3-6H2. The maximum atomic E-state index is 14.1. The maximum absolute atomic E-state index is 14.1. The summed E-state index contributed by atoms with van der Waals surface area (Å²) in [6, 6.07) is 19.5. The lowest BCUT2D eigenvalue weighted by molar-refractivity contribution is -0.131. The molecule has 4 aliphatic rings. The number of nitrogens with two attached hydrogens (primary N) is 1. The van der Waals surface area contributed by atoms with Crippen molar-refractivity contribution >= 4 is 69.5 Å². The van der Waals surface area contributed by atoms with Gasteiger partial charge in [-0.05, 0) is 60.7 Å². The van der Waals surface area contributed by atoms with Gasteiger partial charge in [-0.3, -0.25) is 14.4 Å². The first-order valence-electron chi connectivity index (χ1n) is 27.1. The highest BCUT2D eigenvalue weighted by molar-refractivity contribution is 6.27. The minimum Gasteiger partial charge on any atom is -0.461 e. The molecule has 0 bridgehead atoms. The zero-order chi connectivity index (χ0) is 60.0. The molecular formula is C57H63ClF8N14O4. The topological polar surface area (TPSA) is 171 Å². The van der Waals surface area contributed by atoms with Gasteiger partial charge in [0.2, 0.25) is 29.5 Å².